The van der Waals surface area contributed by atoms with E-state index < -0.39 is 18.7 Å². The lowest BCUT2D eigenvalue weighted by molar-refractivity contribution is -0.154. The zero-order valence-corrected chi connectivity index (χ0v) is 26.4. The van der Waals surface area contributed by atoms with Gasteiger partial charge in [-0.1, -0.05) is 67.6 Å². The van der Waals surface area contributed by atoms with Crippen molar-refractivity contribution in [2.24, 2.45) is 0 Å². The molecular weight excluding hydrogens is 633 g/mol. The Morgan fingerprint density at radius 1 is 0.898 bits per heavy atom. The number of nitrogens with one attached hydrogen (secondary N) is 3. The minimum atomic E-state index is -4.57. The average Bonchev–Trinajstić information content (AvgIpc) is 3.64. The van der Waals surface area contributed by atoms with Crippen molar-refractivity contribution in [3.63, 3.8) is 0 Å². The van der Waals surface area contributed by atoms with Crippen LogP contribution in [0.3, 0.4) is 0 Å². The van der Waals surface area contributed by atoms with Crippen LogP contribution in [0.15, 0.2) is 85.1 Å². The lowest BCUT2D eigenvalue weighted by atomic mass is 9.94. The van der Waals surface area contributed by atoms with Crippen molar-refractivity contribution in [3.05, 3.63) is 108 Å². The third-order valence-electron chi connectivity index (χ3n) is 8.26. The van der Waals surface area contributed by atoms with Gasteiger partial charge in [0.2, 0.25) is 17.7 Å². The summed E-state index contributed by atoms with van der Waals surface area (Å²) in [5, 5.41) is 6.23. The molecule has 6 aromatic rings. The second-order valence-corrected chi connectivity index (χ2v) is 11.6. The van der Waals surface area contributed by atoms with Gasteiger partial charge in [0, 0.05) is 45.9 Å². The van der Waals surface area contributed by atoms with E-state index in [4.69, 9.17) is 4.74 Å². The van der Waals surface area contributed by atoms with Crippen LogP contribution in [-0.4, -0.2) is 44.5 Å². The fraction of sp³-hybridized carbons (Fsp3) is 0.162. The number of alkyl halides is 3. The fourth-order valence-corrected chi connectivity index (χ4v) is 6.12. The Hall–Kier alpha value is -6.04. The maximum Gasteiger partial charge on any atom is 0.422 e. The number of anilines is 2. The smallest absolute Gasteiger partial charge is 0.422 e. The van der Waals surface area contributed by atoms with Crippen LogP contribution in [0.4, 0.5) is 24.9 Å². The number of aryl methyl sites for hydroxylation is 1. The van der Waals surface area contributed by atoms with Crippen molar-refractivity contribution < 1.29 is 27.5 Å². The molecular formula is C37H29F3N6O3. The van der Waals surface area contributed by atoms with Crippen molar-refractivity contribution in [1.29, 1.82) is 0 Å². The molecule has 49 heavy (non-hydrogen) atoms. The van der Waals surface area contributed by atoms with E-state index >= 15 is 0 Å². The standard InChI is InChI=1S/C37H29F3N6O3/c1-3-31(47)45-36-42-20(2)15-30(44-36)34(48)46-33-32(26-11-6-7-14-29(26)43-33)22-17-28(35(41-18-22)49-19-37(38,39)40)25-13-8-12-24-23-10-5-4-9-21(23)16-27(24)25/h4-15,17-18,43H,3,16,19H2,1-2H3,(H,46,48)(H,42,44,45,47). The highest BCUT2D eigenvalue weighted by Gasteiger charge is 2.30. The van der Waals surface area contributed by atoms with E-state index in [1.54, 1.807) is 19.9 Å². The van der Waals surface area contributed by atoms with Crippen LogP contribution in [0.2, 0.25) is 0 Å². The zero-order valence-electron chi connectivity index (χ0n) is 26.4. The number of hydrogen-bond acceptors (Lipinski definition) is 6. The van der Waals surface area contributed by atoms with E-state index in [1.807, 2.05) is 66.7 Å². The van der Waals surface area contributed by atoms with Gasteiger partial charge >= 0.3 is 6.18 Å². The maximum absolute atomic E-state index is 13.6. The molecule has 0 fully saturated rings. The monoisotopic (exact) mass is 662 g/mol. The van der Waals surface area contributed by atoms with Crippen molar-refractivity contribution in [2.75, 3.05) is 17.2 Å². The Kier molecular flexibility index (Phi) is 8.07. The van der Waals surface area contributed by atoms with Crippen LogP contribution >= 0.6 is 0 Å². The molecule has 0 saturated carbocycles. The highest BCUT2D eigenvalue weighted by molar-refractivity contribution is 6.10. The minimum absolute atomic E-state index is 0.00898. The second-order valence-electron chi connectivity index (χ2n) is 11.6. The number of carbonyl (C=O) groups is 2. The number of aromatic nitrogens is 4. The van der Waals surface area contributed by atoms with Gasteiger partial charge in [-0.15, -0.1) is 0 Å². The molecule has 12 heteroatoms. The summed E-state index contributed by atoms with van der Waals surface area (Å²) in [7, 11) is 0. The lowest BCUT2D eigenvalue weighted by Gasteiger charge is -2.16. The first-order valence-electron chi connectivity index (χ1n) is 15.6. The number of aromatic amines is 1. The number of halogens is 3. The van der Waals surface area contributed by atoms with Gasteiger partial charge in [-0.3, -0.25) is 14.9 Å². The molecule has 0 atom stereocenters. The summed E-state index contributed by atoms with van der Waals surface area (Å²) < 4.78 is 45.4. The topological polar surface area (TPSA) is 122 Å². The zero-order chi connectivity index (χ0) is 34.3. The van der Waals surface area contributed by atoms with E-state index in [0.717, 1.165) is 27.6 Å². The van der Waals surface area contributed by atoms with E-state index in [-0.39, 0.29) is 29.9 Å². The van der Waals surface area contributed by atoms with Crippen LogP contribution < -0.4 is 15.4 Å². The molecule has 3 aromatic heterocycles. The van der Waals surface area contributed by atoms with Crippen LogP contribution in [0.1, 0.15) is 40.7 Å². The molecule has 7 rings (SSSR count). The molecule has 246 valence electrons. The maximum atomic E-state index is 13.6. The van der Waals surface area contributed by atoms with Crippen LogP contribution in [-0.2, 0) is 11.2 Å². The molecule has 0 spiro atoms. The van der Waals surface area contributed by atoms with E-state index in [9.17, 15) is 22.8 Å². The van der Waals surface area contributed by atoms with Gasteiger partial charge in [0.25, 0.3) is 5.91 Å². The Morgan fingerprint density at radius 2 is 1.63 bits per heavy atom. The number of rotatable bonds is 8. The van der Waals surface area contributed by atoms with Gasteiger partial charge in [0.05, 0.1) is 0 Å². The molecule has 0 aliphatic heterocycles. The van der Waals surface area contributed by atoms with Gasteiger partial charge in [0.15, 0.2) is 6.61 Å². The Morgan fingerprint density at radius 3 is 2.43 bits per heavy atom. The average molecular weight is 663 g/mol. The normalized spacial score (nSPS) is 12.0. The van der Waals surface area contributed by atoms with Gasteiger partial charge in [-0.05, 0) is 59.4 Å². The minimum Gasteiger partial charge on any atom is -0.468 e. The van der Waals surface area contributed by atoms with Crippen molar-refractivity contribution in [1.82, 2.24) is 19.9 Å². The van der Waals surface area contributed by atoms with Gasteiger partial charge in [-0.25, -0.2) is 15.0 Å². The van der Waals surface area contributed by atoms with Crippen LogP contribution in [0.5, 0.6) is 5.88 Å². The van der Waals surface area contributed by atoms with Crippen molar-refractivity contribution in [2.45, 2.75) is 32.9 Å². The van der Waals surface area contributed by atoms with Crippen molar-refractivity contribution in [3.8, 4) is 39.3 Å². The van der Waals surface area contributed by atoms with Crippen molar-refractivity contribution >= 4 is 34.5 Å². The molecule has 2 amide bonds. The number of fused-ring (bicyclic) bond motifs is 4. The summed E-state index contributed by atoms with van der Waals surface area (Å²) >= 11 is 0. The summed E-state index contributed by atoms with van der Waals surface area (Å²) in [5.74, 6) is -0.691. The molecule has 3 aromatic carbocycles. The molecule has 3 N–H and O–H groups in total. The molecule has 0 bridgehead atoms. The van der Waals surface area contributed by atoms with Crippen LogP contribution in [0.25, 0.3) is 44.3 Å². The number of carbonyl (C=O) groups excluding carboxylic acids is 2. The largest absolute Gasteiger partial charge is 0.468 e. The number of hydrogen-bond donors (Lipinski definition) is 3. The second kappa shape index (κ2) is 12.5. The molecule has 0 radical (unpaired) electrons. The summed E-state index contributed by atoms with van der Waals surface area (Å²) in [6, 6.07) is 24.4. The van der Waals surface area contributed by atoms with Gasteiger partial charge < -0.3 is 15.0 Å². The third-order valence-corrected chi connectivity index (χ3v) is 8.26. The molecule has 1 aliphatic carbocycles. The predicted molar refractivity (Wildman–Crippen MR) is 180 cm³/mol. The Balaban J connectivity index is 1.34. The van der Waals surface area contributed by atoms with Crippen LogP contribution in [0, 0.1) is 6.92 Å². The number of para-hydroxylation sites is 1. The SMILES string of the molecule is CCC(=O)Nc1nc(C)cc(C(=O)Nc2[nH]c3ccccc3c2-c2cnc(OCC(F)(F)F)c(-c3cccc4c3Cc3ccccc3-4)c2)n1. The molecule has 3 heterocycles. The summed E-state index contributed by atoms with van der Waals surface area (Å²) in [6.07, 6.45) is -2.32. The van der Waals surface area contributed by atoms with Gasteiger partial charge in [0.1, 0.15) is 11.5 Å². The first kappa shape index (κ1) is 31.6. The Labute approximate surface area is 278 Å². The predicted octanol–water partition coefficient (Wildman–Crippen LogP) is 8.11. The summed E-state index contributed by atoms with van der Waals surface area (Å²) in [6.45, 7) is 1.87. The number of pyridine rings is 1. The first-order chi connectivity index (χ1) is 23.6. The molecule has 0 unspecified atom stereocenters. The lowest BCUT2D eigenvalue weighted by Crippen LogP contribution is -2.20. The van der Waals surface area contributed by atoms with E-state index in [0.29, 0.717) is 45.7 Å². The number of amides is 2. The van der Waals surface area contributed by atoms with E-state index in [1.165, 1.54) is 12.3 Å². The number of ether oxygens (including phenoxy) is 1. The number of nitrogens with zero attached hydrogens (tertiary/aromatic N) is 3. The summed E-state index contributed by atoms with van der Waals surface area (Å²) in [5.41, 5.74) is 7.53. The molecule has 0 saturated heterocycles. The highest BCUT2D eigenvalue weighted by atomic mass is 19.4. The quantitative estimate of drug-likeness (QED) is 0.151. The highest BCUT2D eigenvalue weighted by Crippen LogP contribution is 2.45. The number of H-pyrrole nitrogens is 1. The first-order valence-corrected chi connectivity index (χ1v) is 15.6. The summed E-state index contributed by atoms with van der Waals surface area (Å²) in [4.78, 5) is 41.7. The fourth-order valence-electron chi connectivity index (χ4n) is 6.12. The third kappa shape index (κ3) is 6.32. The molecule has 9 nitrogen and oxygen atoms in total. The number of benzene rings is 3. The van der Waals surface area contributed by atoms with Gasteiger partial charge in [-0.2, -0.15) is 13.2 Å². The Bertz CT molecular complexity index is 2260. The molecule has 1 aliphatic rings. The van der Waals surface area contributed by atoms with E-state index in [2.05, 4.69) is 30.6 Å².